The third-order valence-electron chi connectivity index (χ3n) is 12.6. The van der Waals surface area contributed by atoms with Gasteiger partial charge < -0.3 is 15.5 Å². The molecule has 0 rings (SSSR count). The zero-order chi connectivity index (χ0) is 44.2. The molecule has 0 spiro atoms. The summed E-state index contributed by atoms with van der Waals surface area (Å²) in [6, 6.07) is -0.531. The average Bonchev–Trinajstić information content (AvgIpc) is 3.26. The molecule has 0 aromatic carbocycles. The van der Waals surface area contributed by atoms with E-state index in [9.17, 15) is 15.0 Å². The molecular weight excluding hydrogens is 747 g/mol. The molecule has 0 fully saturated rings. The second kappa shape index (κ2) is 52.7. The maximum atomic E-state index is 12.4. The van der Waals surface area contributed by atoms with E-state index in [1.807, 2.05) is 0 Å². The number of hydrogen-bond donors (Lipinski definition) is 3. The SMILES string of the molecule is CC/C=C\C/C=C\C/C=C\C/C=C\CCCCCCCCCCCCCCCCCCCCCCCCCCCCCCC(=O)NC(CO)C(O)CCCCCCCCCC. The summed E-state index contributed by atoms with van der Waals surface area (Å²) < 4.78 is 0. The van der Waals surface area contributed by atoms with Crippen LogP contribution in [0.15, 0.2) is 48.6 Å². The Morgan fingerprint density at radius 2 is 0.721 bits per heavy atom. The van der Waals surface area contributed by atoms with Gasteiger partial charge >= 0.3 is 0 Å². The van der Waals surface area contributed by atoms with Crippen LogP contribution in [-0.4, -0.2) is 34.9 Å². The maximum Gasteiger partial charge on any atom is 0.220 e. The van der Waals surface area contributed by atoms with Crippen LogP contribution in [0.2, 0.25) is 0 Å². The molecule has 61 heavy (non-hydrogen) atoms. The molecule has 2 unspecified atom stereocenters. The molecule has 0 heterocycles. The van der Waals surface area contributed by atoms with Crippen LogP contribution in [0.5, 0.6) is 0 Å². The third kappa shape index (κ3) is 49.2. The van der Waals surface area contributed by atoms with E-state index in [4.69, 9.17) is 0 Å². The fourth-order valence-electron chi connectivity index (χ4n) is 8.47. The van der Waals surface area contributed by atoms with Crippen LogP contribution in [0.3, 0.4) is 0 Å². The van der Waals surface area contributed by atoms with Gasteiger partial charge in [-0.25, -0.2) is 0 Å². The van der Waals surface area contributed by atoms with Crippen molar-refractivity contribution < 1.29 is 15.0 Å². The Hall–Kier alpha value is -1.65. The number of carbonyl (C=O) groups excluding carboxylic acids is 1. The first kappa shape index (κ1) is 59.4. The van der Waals surface area contributed by atoms with E-state index in [1.165, 1.54) is 212 Å². The van der Waals surface area contributed by atoms with Crippen molar-refractivity contribution in [2.45, 2.75) is 302 Å². The first-order valence-corrected chi connectivity index (χ1v) is 27.3. The van der Waals surface area contributed by atoms with Gasteiger partial charge in [-0.05, 0) is 51.4 Å². The molecule has 0 radical (unpaired) electrons. The third-order valence-corrected chi connectivity index (χ3v) is 12.6. The van der Waals surface area contributed by atoms with Crippen LogP contribution in [0.25, 0.3) is 0 Å². The lowest BCUT2D eigenvalue weighted by Crippen LogP contribution is -2.45. The Balaban J connectivity index is 3.31. The van der Waals surface area contributed by atoms with Gasteiger partial charge in [0.1, 0.15) is 0 Å². The highest BCUT2D eigenvalue weighted by molar-refractivity contribution is 5.76. The van der Waals surface area contributed by atoms with E-state index in [0.717, 1.165) is 51.4 Å². The summed E-state index contributed by atoms with van der Waals surface area (Å²) in [6.45, 7) is 4.23. The van der Waals surface area contributed by atoms with Gasteiger partial charge in [0.15, 0.2) is 0 Å². The standard InChI is InChI=1S/C57H107NO3/c1-3-5-7-9-11-13-14-15-16-17-18-19-20-21-22-23-24-25-26-27-28-29-30-31-32-33-34-35-36-37-38-39-40-41-42-43-44-45-47-49-51-53-57(61)58-55(54-59)56(60)52-50-48-46-12-10-8-6-4-2/h5,7,11,13,15-16,18-19,55-56,59-60H,3-4,6,8-10,12,14,17,20-54H2,1-2H3,(H,58,61)/b7-5-,13-11-,16-15-,19-18-. The lowest BCUT2D eigenvalue weighted by molar-refractivity contribution is -0.123. The van der Waals surface area contributed by atoms with E-state index in [0.29, 0.717) is 12.8 Å². The van der Waals surface area contributed by atoms with Gasteiger partial charge in [-0.2, -0.15) is 0 Å². The molecule has 0 aliphatic heterocycles. The van der Waals surface area contributed by atoms with Crippen molar-refractivity contribution >= 4 is 5.91 Å². The molecule has 0 aromatic heterocycles. The van der Waals surface area contributed by atoms with Crippen molar-refractivity contribution in [2.75, 3.05) is 6.61 Å². The van der Waals surface area contributed by atoms with E-state index in [1.54, 1.807) is 0 Å². The molecule has 0 aliphatic carbocycles. The number of unbranched alkanes of at least 4 members (excludes halogenated alkanes) is 35. The van der Waals surface area contributed by atoms with Crippen LogP contribution < -0.4 is 5.32 Å². The molecule has 4 heteroatoms. The number of aliphatic hydroxyl groups excluding tert-OH is 2. The second-order valence-electron chi connectivity index (χ2n) is 18.6. The lowest BCUT2D eigenvalue weighted by atomic mass is 10.0. The zero-order valence-electron chi connectivity index (χ0n) is 41.2. The maximum absolute atomic E-state index is 12.4. The smallest absolute Gasteiger partial charge is 0.220 e. The normalized spacial score (nSPS) is 13.2. The van der Waals surface area contributed by atoms with Crippen molar-refractivity contribution in [1.82, 2.24) is 5.32 Å². The number of aliphatic hydroxyl groups is 2. The van der Waals surface area contributed by atoms with Crippen LogP contribution in [-0.2, 0) is 4.79 Å². The highest BCUT2D eigenvalue weighted by Crippen LogP contribution is 2.17. The van der Waals surface area contributed by atoms with Crippen molar-refractivity contribution in [1.29, 1.82) is 0 Å². The Kier molecular flexibility index (Phi) is 51.3. The number of hydrogen-bond acceptors (Lipinski definition) is 3. The van der Waals surface area contributed by atoms with Crippen LogP contribution in [0, 0.1) is 0 Å². The average molecular weight is 854 g/mol. The minimum absolute atomic E-state index is 0.0300. The summed E-state index contributed by atoms with van der Waals surface area (Å²) in [4.78, 5) is 12.4. The van der Waals surface area contributed by atoms with Gasteiger partial charge in [0.05, 0.1) is 18.8 Å². The van der Waals surface area contributed by atoms with E-state index in [2.05, 4.69) is 67.8 Å². The summed E-state index contributed by atoms with van der Waals surface area (Å²) in [5.74, 6) is -0.0300. The topological polar surface area (TPSA) is 69.6 Å². The summed E-state index contributed by atoms with van der Waals surface area (Å²) >= 11 is 0. The largest absolute Gasteiger partial charge is 0.394 e. The minimum atomic E-state index is -0.654. The monoisotopic (exact) mass is 854 g/mol. The predicted octanol–water partition coefficient (Wildman–Crippen LogP) is 17.9. The lowest BCUT2D eigenvalue weighted by Gasteiger charge is -2.22. The van der Waals surface area contributed by atoms with Gasteiger partial charge in [-0.1, -0.05) is 281 Å². The van der Waals surface area contributed by atoms with Crippen LogP contribution >= 0.6 is 0 Å². The van der Waals surface area contributed by atoms with Crippen molar-refractivity contribution in [3.05, 3.63) is 48.6 Å². The van der Waals surface area contributed by atoms with Gasteiger partial charge in [0, 0.05) is 6.42 Å². The molecule has 358 valence electrons. The summed E-state index contributed by atoms with van der Waals surface area (Å²) in [5.41, 5.74) is 0. The molecule has 0 saturated heterocycles. The first-order valence-electron chi connectivity index (χ1n) is 27.3. The summed E-state index contributed by atoms with van der Waals surface area (Å²) in [6.07, 6.45) is 72.7. The summed E-state index contributed by atoms with van der Waals surface area (Å²) in [7, 11) is 0. The molecule has 0 saturated carbocycles. The quantitative estimate of drug-likeness (QED) is 0.0422. The van der Waals surface area contributed by atoms with Crippen LogP contribution in [0.4, 0.5) is 0 Å². The fourth-order valence-corrected chi connectivity index (χ4v) is 8.47. The molecule has 3 N–H and O–H groups in total. The Morgan fingerprint density at radius 1 is 0.410 bits per heavy atom. The number of amides is 1. The molecule has 0 aliphatic rings. The van der Waals surface area contributed by atoms with Crippen LogP contribution in [0.1, 0.15) is 290 Å². The number of rotatable bonds is 50. The van der Waals surface area contributed by atoms with E-state index >= 15 is 0 Å². The Labute approximate surface area is 382 Å². The molecule has 1 amide bonds. The van der Waals surface area contributed by atoms with Gasteiger partial charge in [0.2, 0.25) is 5.91 Å². The molecule has 2 atom stereocenters. The molecule has 0 aromatic rings. The van der Waals surface area contributed by atoms with Crippen molar-refractivity contribution in [3.63, 3.8) is 0 Å². The second-order valence-corrected chi connectivity index (χ2v) is 18.6. The number of allylic oxidation sites excluding steroid dienone is 8. The highest BCUT2D eigenvalue weighted by Gasteiger charge is 2.20. The highest BCUT2D eigenvalue weighted by atomic mass is 16.3. The van der Waals surface area contributed by atoms with Crippen molar-refractivity contribution in [2.24, 2.45) is 0 Å². The van der Waals surface area contributed by atoms with Gasteiger partial charge in [-0.15, -0.1) is 0 Å². The summed E-state index contributed by atoms with van der Waals surface area (Å²) in [5, 5.41) is 23.0. The van der Waals surface area contributed by atoms with E-state index in [-0.39, 0.29) is 12.5 Å². The Bertz CT molecular complexity index is 970. The first-order chi connectivity index (χ1) is 30.2. The van der Waals surface area contributed by atoms with Gasteiger partial charge in [-0.3, -0.25) is 4.79 Å². The minimum Gasteiger partial charge on any atom is -0.394 e. The number of carbonyl (C=O) groups is 1. The number of nitrogens with one attached hydrogen (secondary N) is 1. The van der Waals surface area contributed by atoms with Gasteiger partial charge in [0.25, 0.3) is 0 Å². The van der Waals surface area contributed by atoms with Crippen molar-refractivity contribution in [3.8, 4) is 0 Å². The predicted molar refractivity (Wildman–Crippen MR) is 271 cm³/mol. The fraction of sp³-hybridized carbons (Fsp3) is 0.842. The molecule has 0 bridgehead atoms. The Morgan fingerprint density at radius 3 is 1.08 bits per heavy atom. The zero-order valence-corrected chi connectivity index (χ0v) is 41.2. The molecular formula is C57H107NO3. The molecule has 4 nitrogen and oxygen atoms in total. The van der Waals surface area contributed by atoms with E-state index < -0.39 is 12.1 Å².